The van der Waals surface area contributed by atoms with Gasteiger partial charge in [-0.25, -0.2) is 4.79 Å². The molecule has 0 aliphatic carbocycles. The SMILES string of the molecule is O=C[C@H](OC(=O)C(=O)[C@H](O)[C@H](O)[C@@H](O)CO)[C@@H](O)[C@H](O)[C@H](O)CO. The van der Waals surface area contributed by atoms with E-state index in [-0.39, 0.29) is 6.29 Å². The van der Waals surface area contributed by atoms with Crippen LogP contribution in [0, 0.1) is 0 Å². The van der Waals surface area contributed by atoms with Gasteiger partial charge in [-0.1, -0.05) is 0 Å². The predicted molar refractivity (Wildman–Crippen MR) is 71.2 cm³/mol. The van der Waals surface area contributed by atoms with E-state index < -0.39 is 67.7 Å². The standard InChI is InChI=1S/C12H20O12/c13-1-4(16)7(18)9(20)6(3-15)24-12(23)11(22)10(21)8(19)5(17)2-14/h3-10,13-14,16-21H,1-2H2/t4-,5+,6+,7-,8-,9-,10-/m1/s1. The summed E-state index contributed by atoms with van der Waals surface area (Å²) in [6, 6.07) is 0. The first kappa shape index (κ1) is 22.5. The summed E-state index contributed by atoms with van der Waals surface area (Å²) in [6.07, 6.45) is -15.1. The van der Waals surface area contributed by atoms with Gasteiger partial charge in [-0.2, -0.15) is 0 Å². The Hall–Kier alpha value is -1.51. The summed E-state index contributed by atoms with van der Waals surface area (Å²) in [4.78, 5) is 33.8. The molecular formula is C12H20O12. The highest BCUT2D eigenvalue weighted by Gasteiger charge is 2.38. The number of Topliss-reactive ketones (excluding diaryl/α,β-unsaturated/α-hetero) is 1. The average molecular weight is 356 g/mol. The minimum atomic E-state index is -2.49. The summed E-state index contributed by atoms with van der Waals surface area (Å²) >= 11 is 0. The highest BCUT2D eigenvalue weighted by molar-refractivity contribution is 6.35. The molecule has 0 amide bonds. The van der Waals surface area contributed by atoms with Gasteiger partial charge in [-0.05, 0) is 0 Å². The Morgan fingerprint density at radius 2 is 1.29 bits per heavy atom. The maximum Gasteiger partial charge on any atom is 0.378 e. The molecule has 12 nitrogen and oxygen atoms in total. The van der Waals surface area contributed by atoms with Crippen LogP contribution in [0.4, 0.5) is 0 Å². The van der Waals surface area contributed by atoms with Crippen molar-refractivity contribution >= 4 is 18.0 Å². The van der Waals surface area contributed by atoms with Gasteiger partial charge in [0.1, 0.15) is 30.5 Å². The van der Waals surface area contributed by atoms with Crippen molar-refractivity contribution in [2.75, 3.05) is 13.2 Å². The predicted octanol–water partition coefficient (Wildman–Crippen LogP) is -6.18. The number of rotatable bonds is 11. The molecule has 7 atom stereocenters. The van der Waals surface area contributed by atoms with E-state index in [0.717, 1.165) is 0 Å². The second-order valence-corrected chi connectivity index (χ2v) is 4.79. The second kappa shape index (κ2) is 10.4. The van der Waals surface area contributed by atoms with E-state index in [4.69, 9.17) is 20.4 Å². The second-order valence-electron chi connectivity index (χ2n) is 4.79. The van der Waals surface area contributed by atoms with Gasteiger partial charge in [0.15, 0.2) is 18.5 Å². The van der Waals surface area contributed by atoms with E-state index >= 15 is 0 Å². The number of hydrogen-bond donors (Lipinski definition) is 8. The van der Waals surface area contributed by atoms with Crippen LogP contribution in [0.2, 0.25) is 0 Å². The third-order valence-corrected chi connectivity index (χ3v) is 3.02. The Balaban J connectivity index is 4.92. The molecule has 0 radical (unpaired) electrons. The molecule has 0 bridgehead atoms. The third kappa shape index (κ3) is 5.85. The summed E-state index contributed by atoms with van der Waals surface area (Å²) in [5.74, 6) is -3.69. The topological polar surface area (TPSA) is 222 Å². The van der Waals surface area contributed by atoms with Crippen LogP contribution < -0.4 is 0 Å². The molecule has 0 aliphatic heterocycles. The Morgan fingerprint density at radius 3 is 1.71 bits per heavy atom. The van der Waals surface area contributed by atoms with Crippen molar-refractivity contribution in [1.82, 2.24) is 0 Å². The number of carbonyl (C=O) groups excluding carboxylic acids is 3. The summed E-state index contributed by atoms with van der Waals surface area (Å²) in [6.45, 7) is -2.01. The van der Waals surface area contributed by atoms with Crippen LogP contribution in [0.5, 0.6) is 0 Å². The maximum atomic E-state index is 11.5. The molecule has 0 aromatic heterocycles. The quantitative estimate of drug-likeness (QED) is 0.0983. The number of ether oxygens (including phenoxy) is 1. The van der Waals surface area contributed by atoms with Gasteiger partial charge >= 0.3 is 5.97 Å². The van der Waals surface area contributed by atoms with Crippen LogP contribution in [0.3, 0.4) is 0 Å². The lowest BCUT2D eigenvalue weighted by molar-refractivity contribution is -0.176. The Kier molecular flexibility index (Phi) is 9.72. The summed E-state index contributed by atoms with van der Waals surface area (Å²) in [7, 11) is 0. The molecule has 0 heterocycles. The smallest absolute Gasteiger partial charge is 0.378 e. The molecule has 8 N–H and O–H groups in total. The van der Waals surface area contributed by atoms with Crippen LogP contribution in [-0.4, -0.2) is 115 Å². The first-order valence-electron chi connectivity index (χ1n) is 6.62. The number of aliphatic hydroxyl groups is 8. The summed E-state index contributed by atoms with van der Waals surface area (Å²) in [5.41, 5.74) is 0. The van der Waals surface area contributed by atoms with Crippen molar-refractivity contribution in [3.8, 4) is 0 Å². The lowest BCUT2D eigenvalue weighted by Gasteiger charge is -2.26. The molecule has 0 fully saturated rings. The number of carbonyl (C=O) groups is 3. The fourth-order valence-electron chi connectivity index (χ4n) is 1.48. The number of esters is 1. The Bertz CT molecular complexity index is 426. The van der Waals surface area contributed by atoms with E-state index in [1.165, 1.54) is 0 Å². The number of aldehydes is 1. The molecular weight excluding hydrogens is 336 g/mol. The molecule has 0 aliphatic rings. The van der Waals surface area contributed by atoms with E-state index in [1.54, 1.807) is 0 Å². The van der Waals surface area contributed by atoms with Crippen molar-refractivity contribution in [2.24, 2.45) is 0 Å². The van der Waals surface area contributed by atoms with Gasteiger partial charge in [-0.15, -0.1) is 0 Å². The molecule has 140 valence electrons. The van der Waals surface area contributed by atoms with Crippen LogP contribution in [0.15, 0.2) is 0 Å². The van der Waals surface area contributed by atoms with Crippen molar-refractivity contribution in [2.45, 2.75) is 42.7 Å². The van der Waals surface area contributed by atoms with Crippen molar-refractivity contribution in [1.29, 1.82) is 0 Å². The van der Waals surface area contributed by atoms with Crippen molar-refractivity contribution in [3.63, 3.8) is 0 Å². The molecule has 0 unspecified atom stereocenters. The van der Waals surface area contributed by atoms with Gasteiger partial charge in [0.25, 0.3) is 5.78 Å². The minimum absolute atomic E-state index is 0.186. The normalized spacial score (nSPS) is 20.2. The molecule has 24 heavy (non-hydrogen) atoms. The molecule has 0 saturated heterocycles. The van der Waals surface area contributed by atoms with Gasteiger partial charge < -0.3 is 45.6 Å². The monoisotopic (exact) mass is 356 g/mol. The zero-order valence-electron chi connectivity index (χ0n) is 12.2. The average Bonchev–Trinajstić information content (AvgIpc) is 2.60. The van der Waals surface area contributed by atoms with Crippen molar-refractivity contribution in [3.05, 3.63) is 0 Å². The Labute approximate surface area is 135 Å². The van der Waals surface area contributed by atoms with E-state index in [1.807, 2.05) is 0 Å². The lowest BCUT2D eigenvalue weighted by atomic mass is 10.0. The lowest BCUT2D eigenvalue weighted by Crippen LogP contribution is -2.50. The summed E-state index contributed by atoms with van der Waals surface area (Å²) < 4.78 is 4.25. The molecule has 0 spiro atoms. The highest BCUT2D eigenvalue weighted by atomic mass is 16.6. The van der Waals surface area contributed by atoms with E-state index in [2.05, 4.69) is 4.74 Å². The van der Waals surface area contributed by atoms with Gasteiger partial charge in [0.2, 0.25) is 0 Å². The zero-order valence-corrected chi connectivity index (χ0v) is 12.2. The Morgan fingerprint density at radius 1 is 0.833 bits per heavy atom. The number of hydrogen-bond acceptors (Lipinski definition) is 12. The maximum absolute atomic E-state index is 11.5. The first-order chi connectivity index (χ1) is 11.1. The van der Waals surface area contributed by atoms with Crippen molar-refractivity contribution < 1.29 is 60.0 Å². The molecule has 0 aromatic carbocycles. The van der Waals surface area contributed by atoms with Crippen LogP contribution >= 0.6 is 0 Å². The molecule has 0 aromatic rings. The van der Waals surface area contributed by atoms with E-state index in [9.17, 15) is 34.8 Å². The molecule has 0 rings (SSSR count). The number of ketones is 1. The van der Waals surface area contributed by atoms with Gasteiger partial charge in [0.05, 0.1) is 13.2 Å². The largest absolute Gasteiger partial charge is 0.446 e. The highest BCUT2D eigenvalue weighted by Crippen LogP contribution is 2.09. The molecule has 12 heteroatoms. The third-order valence-electron chi connectivity index (χ3n) is 3.02. The van der Waals surface area contributed by atoms with Gasteiger partial charge in [0, 0.05) is 0 Å². The first-order valence-corrected chi connectivity index (χ1v) is 6.62. The van der Waals surface area contributed by atoms with Gasteiger partial charge in [-0.3, -0.25) is 9.59 Å². The minimum Gasteiger partial charge on any atom is -0.446 e. The fourth-order valence-corrected chi connectivity index (χ4v) is 1.48. The van der Waals surface area contributed by atoms with E-state index in [0.29, 0.717) is 0 Å². The number of aliphatic hydroxyl groups excluding tert-OH is 8. The fraction of sp³-hybridized carbons (Fsp3) is 0.750. The molecule has 0 saturated carbocycles. The van der Waals surface area contributed by atoms with Crippen LogP contribution in [0.25, 0.3) is 0 Å². The van der Waals surface area contributed by atoms with Crippen LogP contribution in [0.1, 0.15) is 0 Å². The summed E-state index contributed by atoms with van der Waals surface area (Å²) in [5, 5.41) is 73.0. The zero-order chi connectivity index (χ0) is 19.0. The van der Waals surface area contributed by atoms with Crippen LogP contribution in [-0.2, 0) is 19.1 Å².